The molecular weight excluding hydrogens is 326 g/mol. The second kappa shape index (κ2) is 7.97. The molecule has 3 rings (SSSR count). The molecule has 134 valence electrons. The molecule has 2 aromatic carbocycles. The zero-order valence-corrected chi connectivity index (χ0v) is 15.3. The minimum atomic E-state index is -0.0790. The minimum absolute atomic E-state index is 0.0790. The first-order valence-electron chi connectivity index (χ1n) is 8.55. The van der Waals surface area contributed by atoms with Gasteiger partial charge in [0.15, 0.2) is 0 Å². The van der Waals surface area contributed by atoms with E-state index < -0.39 is 0 Å². The smallest absolute Gasteiger partial charge is 0.274 e. The van der Waals surface area contributed by atoms with Gasteiger partial charge in [-0.05, 0) is 37.9 Å². The summed E-state index contributed by atoms with van der Waals surface area (Å²) >= 11 is 0. The highest BCUT2D eigenvalue weighted by Crippen LogP contribution is 2.24. The summed E-state index contributed by atoms with van der Waals surface area (Å²) in [6.45, 7) is 1.27. The molecule has 0 saturated carbocycles. The van der Waals surface area contributed by atoms with E-state index in [-0.39, 0.29) is 5.56 Å². The number of methoxy groups -OCH3 is 1. The highest BCUT2D eigenvalue weighted by Gasteiger charge is 2.12. The summed E-state index contributed by atoms with van der Waals surface area (Å²) in [5, 5.41) is 4.60. The van der Waals surface area contributed by atoms with Gasteiger partial charge in [0, 0.05) is 12.1 Å². The van der Waals surface area contributed by atoms with Crippen LogP contribution in [0, 0.1) is 0 Å². The first-order chi connectivity index (χ1) is 12.6. The van der Waals surface area contributed by atoms with Gasteiger partial charge in [-0.25, -0.2) is 4.68 Å². The van der Waals surface area contributed by atoms with Crippen molar-refractivity contribution in [3.8, 4) is 28.1 Å². The third-order valence-electron chi connectivity index (χ3n) is 4.18. The standard InChI is InChI=1S/C21H23N3O2/c1-23(2)12-13-24-21(25)19(16-8-5-4-6-9-16)15-20(22-24)17-10-7-11-18(14-17)26-3/h4-11,14-15H,12-13H2,1-3H3. The normalized spacial score (nSPS) is 10.9. The molecule has 0 aliphatic rings. The number of ether oxygens (including phenoxy) is 1. The summed E-state index contributed by atoms with van der Waals surface area (Å²) in [5.41, 5.74) is 3.13. The first-order valence-corrected chi connectivity index (χ1v) is 8.55. The predicted molar refractivity (Wildman–Crippen MR) is 104 cm³/mol. The summed E-state index contributed by atoms with van der Waals surface area (Å²) < 4.78 is 6.87. The lowest BCUT2D eigenvalue weighted by Gasteiger charge is -2.14. The highest BCUT2D eigenvalue weighted by atomic mass is 16.5. The molecule has 5 nitrogen and oxygen atoms in total. The Morgan fingerprint density at radius 1 is 1.00 bits per heavy atom. The topological polar surface area (TPSA) is 47.4 Å². The van der Waals surface area contributed by atoms with Crippen LogP contribution in [-0.4, -0.2) is 42.4 Å². The molecule has 0 N–H and O–H groups in total. The van der Waals surface area contributed by atoms with E-state index in [9.17, 15) is 4.79 Å². The van der Waals surface area contributed by atoms with Gasteiger partial charge in [-0.2, -0.15) is 5.10 Å². The van der Waals surface area contributed by atoms with Crippen molar-refractivity contribution in [2.45, 2.75) is 6.54 Å². The second-order valence-electron chi connectivity index (χ2n) is 6.37. The van der Waals surface area contributed by atoms with Crippen LogP contribution in [0.2, 0.25) is 0 Å². The zero-order chi connectivity index (χ0) is 18.5. The van der Waals surface area contributed by atoms with Crippen LogP contribution in [0.15, 0.2) is 65.5 Å². The SMILES string of the molecule is COc1cccc(-c2cc(-c3ccccc3)c(=O)n(CCN(C)C)n2)c1. The molecule has 0 saturated heterocycles. The highest BCUT2D eigenvalue weighted by molar-refractivity contribution is 5.70. The predicted octanol–water partition coefficient (Wildman–Crippen LogP) is 3.15. The van der Waals surface area contributed by atoms with Gasteiger partial charge in [0.05, 0.1) is 24.9 Å². The van der Waals surface area contributed by atoms with E-state index in [0.717, 1.165) is 29.1 Å². The Labute approximate surface area is 153 Å². The molecule has 0 amide bonds. The summed E-state index contributed by atoms with van der Waals surface area (Å²) in [6.07, 6.45) is 0. The number of likely N-dealkylation sites (N-methyl/N-ethyl adjacent to an activating group) is 1. The Morgan fingerprint density at radius 2 is 1.73 bits per heavy atom. The number of benzene rings is 2. The summed E-state index contributed by atoms with van der Waals surface area (Å²) in [7, 11) is 5.60. The molecule has 0 unspecified atom stereocenters. The van der Waals surface area contributed by atoms with E-state index in [1.54, 1.807) is 11.8 Å². The maximum Gasteiger partial charge on any atom is 0.274 e. The van der Waals surface area contributed by atoms with Gasteiger partial charge >= 0.3 is 0 Å². The van der Waals surface area contributed by atoms with E-state index >= 15 is 0 Å². The van der Waals surface area contributed by atoms with E-state index in [2.05, 4.69) is 5.10 Å². The second-order valence-corrected chi connectivity index (χ2v) is 6.37. The maximum atomic E-state index is 12.9. The van der Waals surface area contributed by atoms with Crippen molar-refractivity contribution in [2.75, 3.05) is 27.7 Å². The molecule has 1 heterocycles. The lowest BCUT2D eigenvalue weighted by atomic mass is 10.0. The van der Waals surface area contributed by atoms with E-state index in [4.69, 9.17) is 4.74 Å². The molecule has 0 radical (unpaired) electrons. The summed E-state index contributed by atoms with van der Waals surface area (Å²) in [6, 6.07) is 19.3. The molecule has 0 fully saturated rings. The minimum Gasteiger partial charge on any atom is -0.497 e. The van der Waals surface area contributed by atoms with Crippen LogP contribution in [0.1, 0.15) is 0 Å². The molecule has 0 bridgehead atoms. The van der Waals surface area contributed by atoms with E-state index in [1.807, 2.05) is 79.7 Å². The van der Waals surface area contributed by atoms with Crippen molar-refractivity contribution in [3.05, 3.63) is 71.0 Å². The zero-order valence-electron chi connectivity index (χ0n) is 15.3. The van der Waals surface area contributed by atoms with Gasteiger partial charge < -0.3 is 9.64 Å². The fraction of sp³-hybridized carbons (Fsp3) is 0.238. The van der Waals surface area contributed by atoms with Gasteiger partial charge in [0.1, 0.15) is 5.75 Å². The van der Waals surface area contributed by atoms with Crippen LogP contribution in [0.5, 0.6) is 5.75 Å². The van der Waals surface area contributed by atoms with Gasteiger partial charge in [-0.1, -0.05) is 42.5 Å². The average Bonchev–Trinajstić information content (AvgIpc) is 2.67. The Kier molecular flexibility index (Phi) is 5.49. The molecule has 0 aliphatic carbocycles. The third-order valence-corrected chi connectivity index (χ3v) is 4.18. The lowest BCUT2D eigenvalue weighted by Crippen LogP contribution is -2.29. The summed E-state index contributed by atoms with van der Waals surface area (Å²) in [5.74, 6) is 0.761. The van der Waals surface area contributed by atoms with E-state index in [0.29, 0.717) is 12.1 Å². The number of hydrogen-bond acceptors (Lipinski definition) is 4. The number of aromatic nitrogens is 2. The molecule has 1 aromatic heterocycles. The molecular formula is C21H23N3O2. The molecule has 0 spiro atoms. The van der Waals surface area contributed by atoms with Crippen molar-refractivity contribution in [1.29, 1.82) is 0 Å². The summed E-state index contributed by atoms with van der Waals surface area (Å²) in [4.78, 5) is 15.0. The molecule has 26 heavy (non-hydrogen) atoms. The number of hydrogen-bond donors (Lipinski definition) is 0. The van der Waals surface area contributed by atoms with Crippen LogP contribution >= 0.6 is 0 Å². The Morgan fingerprint density at radius 3 is 2.42 bits per heavy atom. The average molecular weight is 349 g/mol. The van der Waals surface area contributed by atoms with Crippen LogP contribution in [0.3, 0.4) is 0 Å². The molecule has 0 aliphatic heterocycles. The van der Waals surface area contributed by atoms with Gasteiger partial charge in [-0.15, -0.1) is 0 Å². The van der Waals surface area contributed by atoms with Crippen molar-refractivity contribution in [1.82, 2.24) is 14.7 Å². The maximum absolute atomic E-state index is 12.9. The van der Waals surface area contributed by atoms with Crippen molar-refractivity contribution >= 4 is 0 Å². The Hall–Kier alpha value is -2.92. The van der Waals surface area contributed by atoms with Crippen LogP contribution < -0.4 is 10.3 Å². The van der Waals surface area contributed by atoms with Gasteiger partial charge in [-0.3, -0.25) is 4.79 Å². The Bertz CT molecular complexity index is 933. The van der Waals surface area contributed by atoms with Crippen LogP contribution in [-0.2, 0) is 6.54 Å². The van der Waals surface area contributed by atoms with Crippen molar-refractivity contribution < 1.29 is 4.74 Å². The van der Waals surface area contributed by atoms with Gasteiger partial charge in [0.2, 0.25) is 0 Å². The quantitative estimate of drug-likeness (QED) is 0.686. The largest absolute Gasteiger partial charge is 0.497 e. The van der Waals surface area contributed by atoms with Crippen molar-refractivity contribution in [3.63, 3.8) is 0 Å². The number of rotatable bonds is 6. The first kappa shape index (κ1) is 17.9. The van der Waals surface area contributed by atoms with E-state index in [1.165, 1.54) is 0 Å². The molecule has 5 heteroatoms. The third kappa shape index (κ3) is 4.00. The fourth-order valence-corrected chi connectivity index (χ4v) is 2.74. The Balaban J connectivity index is 2.14. The van der Waals surface area contributed by atoms with Crippen LogP contribution in [0.25, 0.3) is 22.4 Å². The van der Waals surface area contributed by atoms with Crippen molar-refractivity contribution in [2.24, 2.45) is 0 Å². The molecule has 0 atom stereocenters. The monoisotopic (exact) mass is 349 g/mol. The lowest BCUT2D eigenvalue weighted by molar-refractivity contribution is 0.368. The molecule has 3 aromatic rings. The van der Waals surface area contributed by atoms with Gasteiger partial charge in [0.25, 0.3) is 5.56 Å². The number of nitrogens with zero attached hydrogens (tertiary/aromatic N) is 3. The fourth-order valence-electron chi connectivity index (χ4n) is 2.74. The van der Waals surface area contributed by atoms with Crippen LogP contribution in [0.4, 0.5) is 0 Å².